The van der Waals surface area contributed by atoms with Crippen molar-refractivity contribution in [2.75, 3.05) is 24.7 Å². The summed E-state index contributed by atoms with van der Waals surface area (Å²) in [6.07, 6.45) is 0. The maximum Gasteiger partial charge on any atom is 0.0668 e. The second-order valence-corrected chi connectivity index (χ2v) is 4.91. The number of hydrogen-bond acceptors (Lipinski definition) is 2. The van der Waals surface area contributed by atoms with Gasteiger partial charge in [-0.05, 0) is 37.6 Å². The molecule has 0 saturated carbocycles. The number of anilines is 1. The Morgan fingerprint density at radius 1 is 1.47 bits per heavy atom. The van der Waals surface area contributed by atoms with E-state index in [0.29, 0.717) is 6.04 Å². The van der Waals surface area contributed by atoms with Crippen LogP contribution in [0.5, 0.6) is 0 Å². The lowest BCUT2D eigenvalue weighted by Gasteiger charge is -2.35. The molecule has 0 amide bonds. The molecule has 0 N–H and O–H groups in total. The molecule has 1 aliphatic rings. The predicted molar refractivity (Wildman–Crippen MR) is 66.5 cm³/mol. The average Bonchev–Trinajstić information content (AvgIpc) is 2.23. The Bertz CT molecular complexity index is 353. The minimum atomic E-state index is 0.472. The van der Waals surface area contributed by atoms with Crippen molar-refractivity contribution in [3.8, 4) is 0 Å². The van der Waals surface area contributed by atoms with Crippen LogP contribution in [0.4, 0.5) is 5.69 Å². The second kappa shape index (κ2) is 4.54. The molecule has 82 valence electrons. The number of halogens is 1. The van der Waals surface area contributed by atoms with Gasteiger partial charge in [0.05, 0.1) is 13.2 Å². The Hall–Kier alpha value is -0.540. The molecule has 0 aromatic heterocycles. The smallest absolute Gasteiger partial charge is 0.0668 e. The third-order valence-electron chi connectivity index (χ3n) is 2.84. The summed E-state index contributed by atoms with van der Waals surface area (Å²) in [6, 6.07) is 6.98. The summed E-state index contributed by atoms with van der Waals surface area (Å²) in [6.45, 7) is 6.98. The second-order valence-electron chi connectivity index (χ2n) is 4.05. The molecule has 1 aromatic carbocycles. The summed E-state index contributed by atoms with van der Waals surface area (Å²) >= 11 is 3.53. The number of benzene rings is 1. The predicted octanol–water partition coefficient (Wildman–Crippen LogP) is 2.98. The van der Waals surface area contributed by atoms with E-state index in [1.54, 1.807) is 0 Å². The number of hydrogen-bond donors (Lipinski definition) is 0. The van der Waals surface area contributed by atoms with E-state index < -0.39 is 0 Å². The molecule has 0 bridgehead atoms. The number of aryl methyl sites for hydroxylation is 1. The maximum absolute atomic E-state index is 5.44. The van der Waals surface area contributed by atoms with Crippen LogP contribution in [0.25, 0.3) is 0 Å². The van der Waals surface area contributed by atoms with E-state index in [0.717, 1.165) is 19.8 Å². The van der Waals surface area contributed by atoms with Gasteiger partial charge in [0.25, 0.3) is 0 Å². The maximum atomic E-state index is 5.44. The van der Waals surface area contributed by atoms with Gasteiger partial charge in [-0.3, -0.25) is 0 Å². The van der Waals surface area contributed by atoms with Crippen molar-refractivity contribution in [2.24, 2.45) is 0 Å². The molecule has 1 saturated heterocycles. The molecule has 1 heterocycles. The fraction of sp³-hybridized carbons (Fsp3) is 0.500. The Kier molecular flexibility index (Phi) is 3.32. The zero-order chi connectivity index (χ0) is 10.8. The molecule has 1 aromatic rings. The van der Waals surface area contributed by atoms with Crippen LogP contribution < -0.4 is 4.90 Å². The van der Waals surface area contributed by atoms with Gasteiger partial charge in [-0.2, -0.15) is 0 Å². The molecule has 15 heavy (non-hydrogen) atoms. The van der Waals surface area contributed by atoms with E-state index in [1.165, 1.54) is 15.7 Å². The Labute approximate surface area is 99.4 Å². The monoisotopic (exact) mass is 269 g/mol. The molecule has 2 nitrogen and oxygen atoms in total. The van der Waals surface area contributed by atoms with E-state index in [2.05, 4.69) is 52.9 Å². The van der Waals surface area contributed by atoms with Gasteiger partial charge in [-0.1, -0.05) is 15.9 Å². The Morgan fingerprint density at radius 3 is 2.93 bits per heavy atom. The molecule has 0 unspecified atom stereocenters. The highest BCUT2D eigenvalue weighted by molar-refractivity contribution is 9.10. The molecule has 1 fully saturated rings. The van der Waals surface area contributed by atoms with Gasteiger partial charge in [-0.25, -0.2) is 0 Å². The first-order valence-electron chi connectivity index (χ1n) is 5.29. The van der Waals surface area contributed by atoms with Gasteiger partial charge in [-0.15, -0.1) is 0 Å². The molecular formula is C12H16BrNO. The zero-order valence-electron chi connectivity index (χ0n) is 9.16. The van der Waals surface area contributed by atoms with Crippen LogP contribution in [0, 0.1) is 6.92 Å². The van der Waals surface area contributed by atoms with Gasteiger partial charge in [0.2, 0.25) is 0 Å². The largest absolute Gasteiger partial charge is 0.377 e. The summed E-state index contributed by atoms with van der Waals surface area (Å²) in [5, 5.41) is 0. The van der Waals surface area contributed by atoms with E-state index in [4.69, 9.17) is 4.74 Å². The fourth-order valence-electron chi connectivity index (χ4n) is 1.92. The number of rotatable bonds is 1. The molecular weight excluding hydrogens is 254 g/mol. The van der Waals surface area contributed by atoms with Crippen molar-refractivity contribution in [3.63, 3.8) is 0 Å². The zero-order valence-corrected chi connectivity index (χ0v) is 10.8. The van der Waals surface area contributed by atoms with Crippen LogP contribution in [0.15, 0.2) is 22.7 Å². The number of ether oxygens (including phenoxy) is 1. The first kappa shape index (κ1) is 11.0. The first-order valence-corrected chi connectivity index (χ1v) is 6.08. The van der Waals surface area contributed by atoms with Crippen LogP contribution in [0.3, 0.4) is 0 Å². The molecule has 2 rings (SSSR count). The van der Waals surface area contributed by atoms with Crippen LogP contribution in [0.2, 0.25) is 0 Å². The normalized spacial score (nSPS) is 21.8. The lowest BCUT2D eigenvalue weighted by molar-refractivity contribution is 0.0989. The van der Waals surface area contributed by atoms with Crippen LogP contribution in [-0.4, -0.2) is 25.8 Å². The lowest BCUT2D eigenvalue weighted by Crippen LogP contribution is -2.43. The van der Waals surface area contributed by atoms with Crippen molar-refractivity contribution < 1.29 is 4.74 Å². The topological polar surface area (TPSA) is 12.5 Å². The fourth-order valence-corrected chi connectivity index (χ4v) is 2.16. The minimum absolute atomic E-state index is 0.472. The highest BCUT2D eigenvalue weighted by atomic mass is 79.9. The van der Waals surface area contributed by atoms with E-state index in [9.17, 15) is 0 Å². The molecule has 1 aliphatic heterocycles. The highest BCUT2D eigenvalue weighted by Crippen LogP contribution is 2.25. The van der Waals surface area contributed by atoms with E-state index in [1.807, 2.05) is 0 Å². The van der Waals surface area contributed by atoms with Crippen molar-refractivity contribution in [2.45, 2.75) is 19.9 Å². The van der Waals surface area contributed by atoms with Crippen molar-refractivity contribution in [1.82, 2.24) is 0 Å². The molecule has 0 aliphatic carbocycles. The summed E-state index contributed by atoms with van der Waals surface area (Å²) in [4.78, 5) is 2.41. The van der Waals surface area contributed by atoms with Crippen molar-refractivity contribution >= 4 is 21.6 Å². The standard InChI is InChI=1S/C12H16BrNO/c1-9-7-11(3-4-12(9)13)14-5-6-15-8-10(14)2/h3-4,7,10H,5-6,8H2,1-2H3/t10-/m0/s1. The molecule has 1 atom stereocenters. The quantitative estimate of drug-likeness (QED) is 0.777. The van der Waals surface area contributed by atoms with Gasteiger partial charge in [0.15, 0.2) is 0 Å². The van der Waals surface area contributed by atoms with Crippen LogP contribution >= 0.6 is 15.9 Å². The van der Waals surface area contributed by atoms with E-state index in [-0.39, 0.29) is 0 Å². The van der Waals surface area contributed by atoms with Gasteiger partial charge >= 0.3 is 0 Å². The number of morpholine rings is 1. The van der Waals surface area contributed by atoms with E-state index >= 15 is 0 Å². The Balaban J connectivity index is 2.24. The molecule has 3 heteroatoms. The van der Waals surface area contributed by atoms with Gasteiger partial charge in [0, 0.05) is 22.7 Å². The summed E-state index contributed by atoms with van der Waals surface area (Å²) in [5.74, 6) is 0. The Morgan fingerprint density at radius 2 is 2.27 bits per heavy atom. The number of nitrogens with zero attached hydrogens (tertiary/aromatic N) is 1. The van der Waals surface area contributed by atoms with Crippen LogP contribution in [-0.2, 0) is 4.74 Å². The highest BCUT2D eigenvalue weighted by Gasteiger charge is 2.19. The average molecular weight is 270 g/mol. The third kappa shape index (κ3) is 2.34. The minimum Gasteiger partial charge on any atom is -0.377 e. The van der Waals surface area contributed by atoms with Gasteiger partial charge < -0.3 is 9.64 Å². The SMILES string of the molecule is Cc1cc(N2CCOC[C@@H]2C)ccc1Br. The first-order chi connectivity index (χ1) is 7.18. The molecule has 0 spiro atoms. The lowest BCUT2D eigenvalue weighted by atomic mass is 10.1. The summed E-state index contributed by atoms with van der Waals surface area (Å²) < 4.78 is 6.61. The molecule has 0 radical (unpaired) electrons. The summed E-state index contributed by atoms with van der Waals surface area (Å²) in [7, 11) is 0. The van der Waals surface area contributed by atoms with Crippen LogP contribution in [0.1, 0.15) is 12.5 Å². The summed E-state index contributed by atoms with van der Waals surface area (Å²) in [5.41, 5.74) is 2.58. The van der Waals surface area contributed by atoms with Crippen molar-refractivity contribution in [1.29, 1.82) is 0 Å². The van der Waals surface area contributed by atoms with Crippen molar-refractivity contribution in [3.05, 3.63) is 28.2 Å². The third-order valence-corrected chi connectivity index (χ3v) is 3.73. The van der Waals surface area contributed by atoms with Gasteiger partial charge in [0.1, 0.15) is 0 Å².